The Hall–Kier alpha value is -3.48. The first-order valence-electron chi connectivity index (χ1n) is 9.59. The number of hydrogen-bond donors (Lipinski definition) is 1. The summed E-state index contributed by atoms with van der Waals surface area (Å²) < 4.78 is 1.36. The summed E-state index contributed by atoms with van der Waals surface area (Å²) in [6, 6.07) is 13.4. The van der Waals surface area contributed by atoms with Crippen molar-refractivity contribution in [2.45, 2.75) is 19.4 Å². The molecule has 1 atom stereocenters. The van der Waals surface area contributed by atoms with Gasteiger partial charge in [0.1, 0.15) is 6.54 Å². The second kappa shape index (κ2) is 7.50. The maximum absolute atomic E-state index is 13.3. The van der Waals surface area contributed by atoms with Gasteiger partial charge in [0.2, 0.25) is 11.8 Å². The van der Waals surface area contributed by atoms with Crippen LogP contribution in [-0.4, -0.2) is 34.4 Å². The number of aromatic nitrogens is 1. The van der Waals surface area contributed by atoms with Crippen LogP contribution in [0.25, 0.3) is 21.7 Å². The van der Waals surface area contributed by atoms with E-state index in [1.165, 1.54) is 4.57 Å². The van der Waals surface area contributed by atoms with Crippen LogP contribution >= 0.6 is 0 Å². The fourth-order valence-electron chi connectivity index (χ4n) is 4.00. The van der Waals surface area contributed by atoms with Gasteiger partial charge in [0.15, 0.2) is 5.43 Å². The molecular formula is C22H21N3O4. The van der Waals surface area contributed by atoms with Crippen LogP contribution in [0.15, 0.2) is 58.1 Å². The Kier molecular flexibility index (Phi) is 4.88. The molecule has 29 heavy (non-hydrogen) atoms. The molecule has 7 nitrogen and oxygen atoms in total. The second-order valence-corrected chi connectivity index (χ2v) is 7.36. The van der Waals surface area contributed by atoms with Crippen molar-refractivity contribution in [3.8, 4) is 0 Å². The van der Waals surface area contributed by atoms with E-state index in [4.69, 9.17) is 5.73 Å². The number of fused-ring (bicyclic) bond motifs is 2. The molecule has 0 radical (unpaired) electrons. The predicted octanol–water partition coefficient (Wildman–Crippen LogP) is 1.24. The average molecular weight is 391 g/mol. The van der Waals surface area contributed by atoms with Crippen LogP contribution in [0, 0.1) is 5.92 Å². The van der Waals surface area contributed by atoms with E-state index in [0.717, 1.165) is 0 Å². The van der Waals surface area contributed by atoms with Crippen molar-refractivity contribution in [3.63, 3.8) is 0 Å². The Labute approximate surface area is 166 Å². The van der Waals surface area contributed by atoms with Crippen molar-refractivity contribution >= 4 is 33.5 Å². The summed E-state index contributed by atoms with van der Waals surface area (Å²) in [5.74, 6) is -1.06. The molecule has 2 aromatic carbocycles. The highest BCUT2D eigenvalue weighted by Crippen LogP contribution is 2.17. The number of likely N-dealkylation sites (tertiary alicyclic amines) is 1. The molecule has 4 rings (SSSR count). The monoisotopic (exact) mass is 391 g/mol. The lowest BCUT2D eigenvalue weighted by atomic mass is 9.97. The molecule has 0 spiro atoms. The van der Waals surface area contributed by atoms with Gasteiger partial charge in [-0.15, -0.1) is 0 Å². The molecular weight excluding hydrogens is 370 g/mol. The van der Waals surface area contributed by atoms with Gasteiger partial charge in [0, 0.05) is 23.9 Å². The van der Waals surface area contributed by atoms with Crippen molar-refractivity contribution in [2.75, 3.05) is 13.1 Å². The van der Waals surface area contributed by atoms with Crippen molar-refractivity contribution in [2.24, 2.45) is 11.7 Å². The zero-order chi connectivity index (χ0) is 20.5. The molecule has 1 aromatic heterocycles. The molecule has 148 valence electrons. The minimum Gasteiger partial charge on any atom is -0.369 e. The number of para-hydroxylation sites is 1. The SMILES string of the molecule is NC(=O)C1CCCN(C(=O)Cn2c(=O)c3ccccc3c(=O)c3ccccc32)C1. The standard InChI is InChI=1S/C22H21N3O4/c23-21(28)14-6-5-11-24(12-14)19(26)13-25-18-10-4-3-9-17(18)20(27)15-7-1-2-8-16(15)22(25)29/h1-4,7-10,14H,5-6,11-13H2,(H2,23,28). The van der Waals surface area contributed by atoms with Gasteiger partial charge in [-0.1, -0.05) is 30.3 Å². The molecule has 0 saturated carbocycles. The number of primary amides is 1. The first kappa shape index (κ1) is 18.9. The number of benzene rings is 2. The molecule has 1 aliphatic rings. The molecule has 1 saturated heterocycles. The van der Waals surface area contributed by atoms with Crippen LogP contribution in [0.2, 0.25) is 0 Å². The van der Waals surface area contributed by atoms with Gasteiger partial charge in [-0.2, -0.15) is 0 Å². The van der Waals surface area contributed by atoms with Gasteiger partial charge in [0.05, 0.1) is 16.8 Å². The summed E-state index contributed by atoms with van der Waals surface area (Å²) in [5, 5.41) is 0.981. The smallest absolute Gasteiger partial charge is 0.259 e. The predicted molar refractivity (Wildman–Crippen MR) is 110 cm³/mol. The summed E-state index contributed by atoms with van der Waals surface area (Å²) in [4.78, 5) is 52.4. The van der Waals surface area contributed by atoms with E-state index in [1.54, 1.807) is 53.4 Å². The Morgan fingerprint density at radius 2 is 1.62 bits per heavy atom. The lowest BCUT2D eigenvalue weighted by Gasteiger charge is -2.31. The molecule has 0 aliphatic carbocycles. The number of carbonyl (C=O) groups is 2. The Morgan fingerprint density at radius 3 is 2.34 bits per heavy atom. The van der Waals surface area contributed by atoms with E-state index < -0.39 is 11.5 Å². The van der Waals surface area contributed by atoms with Crippen molar-refractivity contribution in [1.29, 1.82) is 0 Å². The van der Waals surface area contributed by atoms with Crippen LogP contribution in [0.4, 0.5) is 0 Å². The summed E-state index contributed by atoms with van der Waals surface area (Å²) in [6.45, 7) is 0.568. The largest absolute Gasteiger partial charge is 0.369 e. The molecule has 0 bridgehead atoms. The number of nitrogens with two attached hydrogens (primary N) is 1. The molecule has 1 fully saturated rings. The first-order chi connectivity index (χ1) is 14.0. The minimum absolute atomic E-state index is 0.205. The third-order valence-electron chi connectivity index (χ3n) is 5.56. The highest BCUT2D eigenvalue weighted by atomic mass is 16.2. The van der Waals surface area contributed by atoms with Crippen molar-refractivity contribution in [3.05, 3.63) is 69.1 Å². The minimum atomic E-state index is -0.418. The van der Waals surface area contributed by atoms with E-state index in [2.05, 4.69) is 0 Å². The number of nitrogens with zero attached hydrogens (tertiary/aromatic N) is 2. The molecule has 3 aromatic rings. The molecule has 1 aliphatic heterocycles. The summed E-state index contributed by atoms with van der Waals surface area (Å²) in [6.07, 6.45) is 1.34. The highest BCUT2D eigenvalue weighted by Gasteiger charge is 2.27. The number of hydrogen-bond acceptors (Lipinski definition) is 4. The van der Waals surface area contributed by atoms with Crippen LogP contribution in [0.1, 0.15) is 12.8 Å². The fourth-order valence-corrected chi connectivity index (χ4v) is 4.00. The molecule has 7 heteroatoms. The maximum Gasteiger partial charge on any atom is 0.259 e. The Balaban J connectivity index is 1.85. The van der Waals surface area contributed by atoms with E-state index >= 15 is 0 Å². The van der Waals surface area contributed by atoms with E-state index in [-0.39, 0.29) is 35.7 Å². The van der Waals surface area contributed by atoms with Gasteiger partial charge < -0.3 is 10.6 Å². The zero-order valence-electron chi connectivity index (χ0n) is 15.8. The van der Waals surface area contributed by atoms with E-state index in [0.29, 0.717) is 35.7 Å². The fraction of sp³-hybridized carbons (Fsp3) is 0.273. The van der Waals surface area contributed by atoms with Crippen LogP contribution < -0.4 is 16.7 Å². The Morgan fingerprint density at radius 1 is 0.966 bits per heavy atom. The highest BCUT2D eigenvalue weighted by molar-refractivity contribution is 5.91. The van der Waals surface area contributed by atoms with Crippen LogP contribution in [-0.2, 0) is 16.1 Å². The van der Waals surface area contributed by atoms with Crippen LogP contribution in [0.3, 0.4) is 0 Å². The van der Waals surface area contributed by atoms with Crippen LogP contribution in [0.5, 0.6) is 0 Å². The molecule has 2 heterocycles. The normalized spacial score (nSPS) is 16.8. The van der Waals surface area contributed by atoms with E-state index in [9.17, 15) is 19.2 Å². The van der Waals surface area contributed by atoms with Gasteiger partial charge in [-0.05, 0) is 31.0 Å². The van der Waals surface area contributed by atoms with Crippen molar-refractivity contribution < 1.29 is 9.59 Å². The summed E-state index contributed by atoms with van der Waals surface area (Å²) >= 11 is 0. The van der Waals surface area contributed by atoms with Gasteiger partial charge in [0.25, 0.3) is 5.56 Å². The lowest BCUT2D eigenvalue weighted by molar-refractivity contribution is -0.135. The summed E-state index contributed by atoms with van der Waals surface area (Å²) in [7, 11) is 0. The second-order valence-electron chi connectivity index (χ2n) is 7.36. The molecule has 1 unspecified atom stereocenters. The number of amides is 2. The lowest BCUT2D eigenvalue weighted by Crippen LogP contribution is -2.45. The topological polar surface area (TPSA) is 102 Å². The Bertz CT molecular complexity index is 1250. The summed E-state index contributed by atoms with van der Waals surface area (Å²) in [5.41, 5.74) is 5.18. The van der Waals surface area contributed by atoms with Gasteiger partial charge in [-0.3, -0.25) is 23.7 Å². The maximum atomic E-state index is 13.3. The third-order valence-corrected chi connectivity index (χ3v) is 5.56. The van der Waals surface area contributed by atoms with Gasteiger partial charge >= 0.3 is 0 Å². The van der Waals surface area contributed by atoms with E-state index in [1.807, 2.05) is 0 Å². The molecule has 2 amide bonds. The number of carbonyl (C=O) groups excluding carboxylic acids is 2. The average Bonchev–Trinajstić information content (AvgIpc) is 2.84. The quantitative estimate of drug-likeness (QED) is 0.726. The van der Waals surface area contributed by atoms with Crippen molar-refractivity contribution in [1.82, 2.24) is 9.47 Å². The first-order valence-corrected chi connectivity index (χ1v) is 9.59. The number of rotatable bonds is 3. The number of piperidine rings is 1. The molecule has 2 N–H and O–H groups in total. The van der Waals surface area contributed by atoms with Gasteiger partial charge in [-0.25, -0.2) is 0 Å². The zero-order valence-corrected chi connectivity index (χ0v) is 15.8. The third kappa shape index (κ3) is 3.40.